The number of carbonyl (C=O) groups excluding carboxylic acids is 1. The number of nitrogens with zero attached hydrogens (tertiary/aromatic N) is 3. The fourth-order valence-corrected chi connectivity index (χ4v) is 3.40. The highest BCUT2D eigenvalue weighted by molar-refractivity contribution is 7.17. The maximum Gasteiger partial charge on any atom is 0.273 e. The Bertz CT molecular complexity index is 910. The van der Waals surface area contributed by atoms with Crippen LogP contribution in [-0.2, 0) is 17.9 Å². The van der Waals surface area contributed by atoms with Crippen molar-refractivity contribution in [2.24, 2.45) is 0 Å². The minimum absolute atomic E-state index is 0.0772. The predicted molar refractivity (Wildman–Crippen MR) is 98.0 cm³/mol. The minimum Gasteiger partial charge on any atom is -0.467 e. The van der Waals surface area contributed by atoms with Gasteiger partial charge in [-0.05, 0) is 37.4 Å². The van der Waals surface area contributed by atoms with Crippen molar-refractivity contribution in [3.8, 4) is 0 Å². The lowest BCUT2D eigenvalue weighted by molar-refractivity contribution is -0.121. The molecule has 0 spiro atoms. The summed E-state index contributed by atoms with van der Waals surface area (Å²) in [6.07, 6.45) is 1.55. The van der Waals surface area contributed by atoms with E-state index in [2.05, 4.69) is 10.3 Å². The third-order valence-electron chi connectivity index (χ3n) is 3.93. The van der Waals surface area contributed by atoms with Crippen molar-refractivity contribution >= 4 is 33.4 Å². The van der Waals surface area contributed by atoms with Crippen molar-refractivity contribution in [1.82, 2.24) is 14.9 Å². The number of nitrogens with one attached hydrogen (secondary N) is 1. The average Bonchev–Trinajstić information content (AvgIpc) is 3.28. The second kappa shape index (κ2) is 7.52. The fourth-order valence-electron chi connectivity index (χ4n) is 2.62. The summed E-state index contributed by atoms with van der Waals surface area (Å²) in [5, 5.41) is 4.61. The second-order valence-electron chi connectivity index (χ2n) is 5.47. The van der Waals surface area contributed by atoms with Crippen molar-refractivity contribution in [3.05, 3.63) is 46.0 Å². The zero-order valence-electron chi connectivity index (χ0n) is 14.2. The molecule has 132 valence electrons. The predicted octanol–water partition coefficient (Wildman–Crippen LogP) is 2.21. The minimum atomic E-state index is -0.260. The van der Waals surface area contributed by atoms with Gasteiger partial charge in [-0.2, -0.15) is 0 Å². The summed E-state index contributed by atoms with van der Waals surface area (Å²) in [5.41, 5.74) is 0.485. The molecule has 0 saturated heterocycles. The van der Waals surface area contributed by atoms with Crippen LogP contribution in [0.1, 0.15) is 19.6 Å². The van der Waals surface area contributed by atoms with Crippen molar-refractivity contribution in [2.45, 2.75) is 26.9 Å². The molecule has 3 rings (SSSR count). The normalized spacial score (nSPS) is 11.0. The Morgan fingerprint density at radius 1 is 1.36 bits per heavy atom. The number of hydrogen-bond donors (Lipinski definition) is 1. The molecule has 3 heterocycles. The molecular weight excluding hydrogens is 340 g/mol. The number of fused-ring (bicyclic) bond motifs is 1. The lowest BCUT2D eigenvalue weighted by Gasteiger charge is -2.23. The van der Waals surface area contributed by atoms with E-state index in [-0.39, 0.29) is 24.6 Å². The SMILES string of the molecule is CCN(CC)c1nc2ccsc2c(=O)n1CC(=O)NCc1ccco1. The molecule has 3 aromatic rings. The van der Waals surface area contributed by atoms with E-state index in [0.717, 1.165) is 0 Å². The van der Waals surface area contributed by atoms with Crippen LogP contribution in [0, 0.1) is 0 Å². The lowest BCUT2D eigenvalue weighted by atomic mass is 10.4. The third-order valence-corrected chi connectivity index (χ3v) is 4.83. The maximum atomic E-state index is 12.8. The molecule has 0 fully saturated rings. The van der Waals surface area contributed by atoms with E-state index >= 15 is 0 Å². The van der Waals surface area contributed by atoms with Gasteiger partial charge in [0, 0.05) is 13.1 Å². The molecule has 8 heteroatoms. The smallest absolute Gasteiger partial charge is 0.273 e. The van der Waals surface area contributed by atoms with Crippen LogP contribution in [0.4, 0.5) is 5.95 Å². The van der Waals surface area contributed by atoms with E-state index in [1.807, 2.05) is 30.2 Å². The number of amides is 1. The van der Waals surface area contributed by atoms with Crippen LogP contribution in [0.5, 0.6) is 0 Å². The van der Waals surface area contributed by atoms with Crippen LogP contribution in [0.3, 0.4) is 0 Å². The van der Waals surface area contributed by atoms with Crippen molar-refractivity contribution in [2.75, 3.05) is 18.0 Å². The summed E-state index contributed by atoms with van der Waals surface area (Å²) >= 11 is 1.34. The summed E-state index contributed by atoms with van der Waals surface area (Å²) in [6.45, 7) is 5.60. The number of rotatable bonds is 7. The molecule has 25 heavy (non-hydrogen) atoms. The van der Waals surface area contributed by atoms with Gasteiger partial charge in [0.2, 0.25) is 11.9 Å². The molecule has 0 radical (unpaired) electrons. The van der Waals surface area contributed by atoms with E-state index in [1.54, 1.807) is 18.4 Å². The topological polar surface area (TPSA) is 80.4 Å². The Balaban J connectivity index is 1.90. The van der Waals surface area contributed by atoms with E-state index in [4.69, 9.17) is 4.42 Å². The maximum absolute atomic E-state index is 12.8. The van der Waals surface area contributed by atoms with Crippen LogP contribution in [0.25, 0.3) is 10.2 Å². The van der Waals surface area contributed by atoms with Crippen LogP contribution < -0.4 is 15.8 Å². The van der Waals surface area contributed by atoms with Gasteiger partial charge in [-0.3, -0.25) is 14.2 Å². The monoisotopic (exact) mass is 360 g/mol. The van der Waals surface area contributed by atoms with Crippen LogP contribution in [-0.4, -0.2) is 28.5 Å². The molecule has 3 aromatic heterocycles. The quantitative estimate of drug-likeness (QED) is 0.699. The van der Waals surface area contributed by atoms with Gasteiger partial charge in [0.15, 0.2) is 0 Å². The highest BCUT2D eigenvalue weighted by atomic mass is 32.1. The van der Waals surface area contributed by atoms with Crippen molar-refractivity contribution < 1.29 is 9.21 Å². The molecule has 1 amide bonds. The molecule has 0 aliphatic heterocycles. The summed E-state index contributed by atoms with van der Waals surface area (Å²) in [7, 11) is 0. The Morgan fingerprint density at radius 2 is 2.16 bits per heavy atom. The fraction of sp³-hybridized carbons (Fsp3) is 0.353. The molecule has 0 atom stereocenters. The third kappa shape index (κ3) is 3.58. The lowest BCUT2D eigenvalue weighted by Crippen LogP contribution is -2.37. The zero-order valence-corrected chi connectivity index (χ0v) is 15.0. The first-order valence-corrected chi connectivity index (χ1v) is 9.04. The summed E-state index contributed by atoms with van der Waals surface area (Å²) < 4.78 is 7.21. The van der Waals surface area contributed by atoms with E-state index in [1.165, 1.54) is 15.9 Å². The average molecular weight is 360 g/mol. The number of carbonyl (C=O) groups is 1. The van der Waals surface area contributed by atoms with Crippen LogP contribution in [0.15, 0.2) is 39.1 Å². The molecule has 0 aromatic carbocycles. The second-order valence-corrected chi connectivity index (χ2v) is 6.38. The van der Waals surface area contributed by atoms with Gasteiger partial charge in [-0.25, -0.2) is 4.98 Å². The molecule has 0 aliphatic carbocycles. The summed E-state index contributed by atoms with van der Waals surface area (Å²) in [5.74, 6) is 0.926. The molecule has 1 N–H and O–H groups in total. The standard InChI is InChI=1S/C17H20N4O3S/c1-3-20(4-2)17-19-13-7-9-25-15(13)16(23)21(17)11-14(22)18-10-12-6-5-8-24-12/h5-9H,3-4,10-11H2,1-2H3,(H,18,22). The van der Waals surface area contributed by atoms with Crippen LogP contribution >= 0.6 is 11.3 Å². The number of hydrogen-bond acceptors (Lipinski definition) is 6. The molecule has 0 saturated carbocycles. The molecule has 0 bridgehead atoms. The van der Waals surface area contributed by atoms with E-state index < -0.39 is 0 Å². The molecule has 7 nitrogen and oxygen atoms in total. The molecule has 0 unspecified atom stereocenters. The first-order valence-electron chi connectivity index (χ1n) is 8.16. The Labute approximate surface area is 148 Å². The summed E-state index contributed by atoms with van der Waals surface area (Å²) in [4.78, 5) is 31.7. The van der Waals surface area contributed by atoms with E-state index in [9.17, 15) is 9.59 Å². The van der Waals surface area contributed by atoms with Gasteiger partial charge in [0.05, 0.1) is 18.3 Å². The number of thiophene rings is 1. The molecule has 0 aliphatic rings. The number of aromatic nitrogens is 2. The van der Waals surface area contributed by atoms with Gasteiger partial charge in [0.25, 0.3) is 5.56 Å². The first-order chi connectivity index (χ1) is 12.1. The Kier molecular flexibility index (Phi) is 5.18. The van der Waals surface area contributed by atoms with Gasteiger partial charge >= 0.3 is 0 Å². The Hall–Kier alpha value is -2.61. The number of anilines is 1. The zero-order chi connectivity index (χ0) is 17.8. The molecular formula is C17H20N4O3S. The van der Waals surface area contributed by atoms with Crippen molar-refractivity contribution in [1.29, 1.82) is 0 Å². The van der Waals surface area contributed by atoms with Gasteiger partial charge in [-0.15, -0.1) is 11.3 Å². The van der Waals surface area contributed by atoms with Crippen molar-refractivity contribution in [3.63, 3.8) is 0 Å². The largest absolute Gasteiger partial charge is 0.467 e. The Morgan fingerprint density at radius 3 is 2.84 bits per heavy atom. The first kappa shape index (κ1) is 17.2. The van der Waals surface area contributed by atoms with Gasteiger partial charge < -0.3 is 14.6 Å². The van der Waals surface area contributed by atoms with Gasteiger partial charge in [0.1, 0.15) is 17.0 Å². The number of furan rings is 1. The van der Waals surface area contributed by atoms with Crippen LogP contribution in [0.2, 0.25) is 0 Å². The van der Waals surface area contributed by atoms with Gasteiger partial charge in [-0.1, -0.05) is 0 Å². The highest BCUT2D eigenvalue weighted by Gasteiger charge is 2.18. The van der Waals surface area contributed by atoms with E-state index in [0.29, 0.717) is 35.0 Å². The summed E-state index contributed by atoms with van der Waals surface area (Å²) in [6, 6.07) is 5.38. The highest BCUT2D eigenvalue weighted by Crippen LogP contribution is 2.19.